The highest BCUT2D eigenvalue weighted by Gasteiger charge is 2.43. The van der Waals surface area contributed by atoms with E-state index in [0.717, 1.165) is 39.0 Å². The van der Waals surface area contributed by atoms with Gasteiger partial charge in [0.25, 0.3) is 0 Å². The first kappa shape index (κ1) is 14.4. The van der Waals surface area contributed by atoms with E-state index in [1.165, 1.54) is 0 Å². The highest BCUT2D eigenvalue weighted by atomic mass is 16.5. The highest BCUT2D eigenvalue weighted by Crippen LogP contribution is 2.32. The summed E-state index contributed by atoms with van der Waals surface area (Å²) in [5.74, 6) is -0.235. The van der Waals surface area contributed by atoms with E-state index in [1.807, 2.05) is 14.0 Å². The minimum atomic E-state index is -0.509. The Morgan fingerprint density at radius 2 is 2.35 bits per heavy atom. The van der Waals surface area contributed by atoms with Crippen LogP contribution in [-0.2, 0) is 9.53 Å². The lowest BCUT2D eigenvalue weighted by atomic mass is 9.96. The molecule has 0 aromatic carbocycles. The smallest absolute Gasteiger partial charge is 0.237 e. The minimum Gasteiger partial charge on any atom is -0.380 e. The number of nitrogens with zero attached hydrogens (tertiary/aromatic N) is 1. The van der Waals surface area contributed by atoms with Gasteiger partial charge in [-0.2, -0.15) is 0 Å². The number of ether oxygens (including phenoxy) is 1. The molecule has 5 nitrogen and oxygen atoms in total. The Bertz CT molecular complexity index is 260. The van der Waals surface area contributed by atoms with Crippen molar-refractivity contribution in [1.29, 1.82) is 0 Å². The van der Waals surface area contributed by atoms with Gasteiger partial charge in [-0.15, -0.1) is 0 Å². The van der Waals surface area contributed by atoms with Gasteiger partial charge in [-0.1, -0.05) is 0 Å². The van der Waals surface area contributed by atoms with E-state index in [1.54, 1.807) is 0 Å². The molecule has 0 aliphatic heterocycles. The number of amides is 1. The monoisotopic (exact) mass is 243 g/mol. The van der Waals surface area contributed by atoms with Crippen molar-refractivity contribution in [3.8, 4) is 0 Å². The Kier molecular flexibility index (Phi) is 5.36. The third kappa shape index (κ3) is 3.40. The fourth-order valence-corrected chi connectivity index (χ4v) is 2.51. The lowest BCUT2D eigenvalue weighted by Crippen LogP contribution is -2.53. The average Bonchev–Trinajstić information content (AvgIpc) is 2.75. The lowest BCUT2D eigenvalue weighted by Gasteiger charge is -2.28. The summed E-state index contributed by atoms with van der Waals surface area (Å²) in [5, 5.41) is 3.10. The molecule has 0 saturated heterocycles. The van der Waals surface area contributed by atoms with Crippen LogP contribution >= 0.6 is 0 Å². The summed E-state index contributed by atoms with van der Waals surface area (Å²) in [6.45, 7) is 4.39. The van der Waals surface area contributed by atoms with Gasteiger partial charge in [0.15, 0.2) is 0 Å². The Balaban J connectivity index is 2.45. The normalized spacial score (nSPS) is 28.8. The number of primary amides is 1. The molecular formula is C12H25N3O2. The molecule has 1 saturated carbocycles. The van der Waals surface area contributed by atoms with Gasteiger partial charge in [-0.25, -0.2) is 0 Å². The summed E-state index contributed by atoms with van der Waals surface area (Å²) < 4.78 is 5.34. The van der Waals surface area contributed by atoms with Gasteiger partial charge in [0, 0.05) is 19.2 Å². The third-order valence-electron chi connectivity index (χ3n) is 3.85. The average molecular weight is 243 g/mol. The van der Waals surface area contributed by atoms with Crippen LogP contribution in [0.1, 0.15) is 26.2 Å². The molecule has 1 fully saturated rings. The second-order valence-corrected chi connectivity index (χ2v) is 4.77. The summed E-state index contributed by atoms with van der Waals surface area (Å²) in [6.07, 6.45) is 2.62. The summed E-state index contributed by atoms with van der Waals surface area (Å²) >= 11 is 0. The molecule has 1 aliphatic carbocycles. The van der Waals surface area contributed by atoms with Crippen molar-refractivity contribution >= 4 is 5.91 Å². The first-order valence-corrected chi connectivity index (χ1v) is 6.32. The Hall–Kier alpha value is -0.650. The largest absolute Gasteiger partial charge is 0.380 e. The summed E-state index contributed by atoms with van der Waals surface area (Å²) in [6, 6.07) is 0.412. The standard InChI is InChI=1S/C12H25N3O2/c1-4-17-8-7-15(3)10-5-6-12(9-10,14-2)11(13)16/h10,14H,4-9H2,1-3H3,(H2,13,16). The number of nitrogens with two attached hydrogens (primary N) is 1. The summed E-state index contributed by atoms with van der Waals surface area (Å²) in [5.41, 5.74) is 4.97. The van der Waals surface area contributed by atoms with Crippen molar-refractivity contribution in [3.05, 3.63) is 0 Å². The van der Waals surface area contributed by atoms with E-state index >= 15 is 0 Å². The molecule has 1 rings (SSSR count). The molecule has 2 unspecified atom stereocenters. The van der Waals surface area contributed by atoms with Crippen LogP contribution in [0.2, 0.25) is 0 Å². The molecule has 100 valence electrons. The van der Waals surface area contributed by atoms with Gasteiger partial charge in [0.1, 0.15) is 0 Å². The first-order chi connectivity index (χ1) is 8.05. The van der Waals surface area contributed by atoms with E-state index < -0.39 is 5.54 Å². The molecule has 0 spiro atoms. The van der Waals surface area contributed by atoms with Gasteiger partial charge in [0.05, 0.1) is 12.1 Å². The van der Waals surface area contributed by atoms with Crippen LogP contribution in [0, 0.1) is 0 Å². The molecule has 1 amide bonds. The Morgan fingerprint density at radius 1 is 1.65 bits per heavy atom. The summed E-state index contributed by atoms with van der Waals surface area (Å²) in [7, 11) is 3.89. The number of carbonyl (C=O) groups excluding carboxylic acids is 1. The van der Waals surface area contributed by atoms with Gasteiger partial charge in [-0.3, -0.25) is 4.79 Å². The Labute approximate surface area is 104 Å². The van der Waals surface area contributed by atoms with Crippen molar-refractivity contribution < 1.29 is 9.53 Å². The fourth-order valence-electron chi connectivity index (χ4n) is 2.51. The number of nitrogens with one attached hydrogen (secondary N) is 1. The van der Waals surface area contributed by atoms with Crippen molar-refractivity contribution in [2.45, 2.75) is 37.8 Å². The second-order valence-electron chi connectivity index (χ2n) is 4.77. The number of hydrogen-bond acceptors (Lipinski definition) is 4. The molecule has 0 bridgehead atoms. The molecule has 17 heavy (non-hydrogen) atoms. The van der Waals surface area contributed by atoms with E-state index in [4.69, 9.17) is 10.5 Å². The van der Waals surface area contributed by atoms with Crippen LogP contribution < -0.4 is 11.1 Å². The Morgan fingerprint density at radius 3 is 2.82 bits per heavy atom. The van der Waals surface area contributed by atoms with E-state index in [9.17, 15) is 4.79 Å². The molecule has 3 N–H and O–H groups in total. The minimum absolute atomic E-state index is 0.235. The van der Waals surface area contributed by atoms with Gasteiger partial charge in [-0.05, 0) is 40.3 Å². The van der Waals surface area contributed by atoms with Crippen LogP contribution in [0.25, 0.3) is 0 Å². The predicted molar refractivity (Wildman–Crippen MR) is 67.7 cm³/mol. The first-order valence-electron chi connectivity index (χ1n) is 6.32. The van der Waals surface area contributed by atoms with E-state index in [0.29, 0.717) is 6.04 Å². The summed E-state index contributed by atoms with van der Waals surface area (Å²) in [4.78, 5) is 13.8. The maximum Gasteiger partial charge on any atom is 0.237 e. The zero-order chi connectivity index (χ0) is 12.9. The molecule has 5 heteroatoms. The van der Waals surface area contributed by atoms with Crippen molar-refractivity contribution in [2.75, 3.05) is 33.9 Å². The maximum absolute atomic E-state index is 11.5. The van der Waals surface area contributed by atoms with Crippen molar-refractivity contribution in [3.63, 3.8) is 0 Å². The molecular weight excluding hydrogens is 218 g/mol. The molecule has 0 aromatic heterocycles. The molecule has 2 atom stereocenters. The van der Waals surface area contributed by atoms with Crippen molar-refractivity contribution in [1.82, 2.24) is 10.2 Å². The van der Waals surface area contributed by atoms with Crippen molar-refractivity contribution in [2.24, 2.45) is 5.73 Å². The SMILES string of the molecule is CCOCCN(C)C1CCC(NC)(C(N)=O)C1. The van der Waals surface area contributed by atoms with Crippen LogP contribution in [0.3, 0.4) is 0 Å². The van der Waals surface area contributed by atoms with Crippen LogP contribution in [-0.4, -0.2) is 56.2 Å². The number of likely N-dealkylation sites (N-methyl/N-ethyl adjacent to an activating group) is 2. The molecule has 0 aromatic rings. The number of rotatable bonds is 7. The van der Waals surface area contributed by atoms with E-state index in [2.05, 4.69) is 17.3 Å². The number of hydrogen-bond donors (Lipinski definition) is 2. The predicted octanol–water partition coefficient (Wildman–Crippen LogP) is -0.0493. The van der Waals surface area contributed by atoms with Crippen LogP contribution in [0.5, 0.6) is 0 Å². The van der Waals surface area contributed by atoms with Crippen LogP contribution in [0.4, 0.5) is 0 Å². The zero-order valence-electron chi connectivity index (χ0n) is 11.2. The fraction of sp³-hybridized carbons (Fsp3) is 0.917. The zero-order valence-corrected chi connectivity index (χ0v) is 11.2. The lowest BCUT2D eigenvalue weighted by molar-refractivity contribution is -0.124. The van der Waals surface area contributed by atoms with Crippen LogP contribution in [0.15, 0.2) is 0 Å². The molecule has 0 radical (unpaired) electrons. The number of carbonyl (C=O) groups is 1. The molecule has 1 aliphatic rings. The highest BCUT2D eigenvalue weighted by molar-refractivity contribution is 5.85. The third-order valence-corrected chi connectivity index (χ3v) is 3.85. The van der Waals surface area contributed by atoms with E-state index in [-0.39, 0.29) is 5.91 Å². The maximum atomic E-state index is 11.5. The second kappa shape index (κ2) is 6.33. The quantitative estimate of drug-likeness (QED) is 0.615. The van der Waals surface area contributed by atoms with Gasteiger partial charge >= 0.3 is 0 Å². The van der Waals surface area contributed by atoms with Gasteiger partial charge in [0.2, 0.25) is 5.91 Å². The molecule has 0 heterocycles. The topological polar surface area (TPSA) is 67.6 Å². The van der Waals surface area contributed by atoms with Gasteiger partial charge < -0.3 is 20.7 Å².